The van der Waals surface area contributed by atoms with E-state index in [0.29, 0.717) is 12.3 Å². The third-order valence-electron chi connectivity index (χ3n) is 3.74. The van der Waals surface area contributed by atoms with Crippen molar-refractivity contribution < 1.29 is 9.59 Å². The SMILES string of the molecule is CCC(C)N1C(=O)C(CC(C)C)NC(=O)C1(C)C. The highest BCUT2D eigenvalue weighted by atomic mass is 16.2. The second-order valence-corrected chi connectivity index (χ2v) is 6.18. The van der Waals surface area contributed by atoms with E-state index < -0.39 is 5.54 Å². The van der Waals surface area contributed by atoms with E-state index in [0.717, 1.165) is 6.42 Å². The average Bonchev–Trinajstić information content (AvgIpc) is 2.25. The summed E-state index contributed by atoms with van der Waals surface area (Å²) in [5.41, 5.74) is -0.750. The lowest BCUT2D eigenvalue weighted by molar-refractivity contribution is -0.158. The van der Waals surface area contributed by atoms with Crippen molar-refractivity contribution in [3.8, 4) is 0 Å². The first kappa shape index (κ1) is 15.0. The van der Waals surface area contributed by atoms with E-state index in [1.54, 1.807) is 4.90 Å². The van der Waals surface area contributed by atoms with Gasteiger partial charge in [-0.15, -0.1) is 0 Å². The molecule has 0 bridgehead atoms. The maximum Gasteiger partial charge on any atom is 0.246 e. The first-order valence-electron chi connectivity index (χ1n) is 6.85. The highest BCUT2D eigenvalue weighted by Crippen LogP contribution is 2.26. The quantitative estimate of drug-likeness (QED) is 0.833. The standard InChI is InChI=1S/C14H26N2O2/c1-7-10(4)16-12(17)11(8-9(2)3)15-13(18)14(16,5)6/h9-11H,7-8H2,1-6H3,(H,15,18). The van der Waals surface area contributed by atoms with Crippen LogP contribution in [-0.4, -0.2) is 34.3 Å². The van der Waals surface area contributed by atoms with E-state index >= 15 is 0 Å². The lowest BCUT2D eigenvalue weighted by Gasteiger charge is -2.47. The van der Waals surface area contributed by atoms with Gasteiger partial charge < -0.3 is 10.2 Å². The number of carbonyl (C=O) groups is 2. The molecular formula is C14H26N2O2. The van der Waals surface area contributed by atoms with Crippen LogP contribution in [0.1, 0.15) is 54.4 Å². The van der Waals surface area contributed by atoms with Gasteiger partial charge in [-0.1, -0.05) is 20.8 Å². The fraction of sp³-hybridized carbons (Fsp3) is 0.857. The molecule has 0 aromatic heterocycles. The number of hydrogen-bond acceptors (Lipinski definition) is 2. The maximum atomic E-state index is 12.5. The molecular weight excluding hydrogens is 228 g/mol. The van der Waals surface area contributed by atoms with Gasteiger partial charge in [-0.3, -0.25) is 9.59 Å². The summed E-state index contributed by atoms with van der Waals surface area (Å²) in [6.45, 7) is 11.8. The van der Waals surface area contributed by atoms with Crippen molar-refractivity contribution in [2.45, 2.75) is 72.0 Å². The number of nitrogens with one attached hydrogen (secondary N) is 1. The van der Waals surface area contributed by atoms with E-state index in [4.69, 9.17) is 0 Å². The molecule has 1 saturated heterocycles. The molecule has 18 heavy (non-hydrogen) atoms. The zero-order valence-corrected chi connectivity index (χ0v) is 12.4. The van der Waals surface area contributed by atoms with Crippen LogP contribution in [0.25, 0.3) is 0 Å². The third kappa shape index (κ3) is 2.68. The summed E-state index contributed by atoms with van der Waals surface area (Å²) in [6, 6.07) is -0.271. The summed E-state index contributed by atoms with van der Waals surface area (Å²) in [6.07, 6.45) is 1.56. The Morgan fingerprint density at radius 1 is 1.28 bits per heavy atom. The van der Waals surface area contributed by atoms with Crippen LogP contribution in [0.4, 0.5) is 0 Å². The molecule has 1 N–H and O–H groups in total. The molecule has 1 rings (SSSR count). The van der Waals surface area contributed by atoms with Crippen molar-refractivity contribution in [1.82, 2.24) is 10.2 Å². The summed E-state index contributed by atoms with van der Waals surface area (Å²) >= 11 is 0. The van der Waals surface area contributed by atoms with Gasteiger partial charge >= 0.3 is 0 Å². The Hall–Kier alpha value is -1.06. The fourth-order valence-electron chi connectivity index (χ4n) is 2.53. The van der Waals surface area contributed by atoms with Crippen molar-refractivity contribution in [2.75, 3.05) is 0 Å². The van der Waals surface area contributed by atoms with Crippen molar-refractivity contribution in [2.24, 2.45) is 5.92 Å². The molecule has 1 heterocycles. The van der Waals surface area contributed by atoms with Gasteiger partial charge in [0.15, 0.2) is 0 Å². The van der Waals surface area contributed by atoms with Crippen LogP contribution < -0.4 is 5.32 Å². The highest BCUT2D eigenvalue weighted by Gasteiger charge is 2.47. The molecule has 0 saturated carbocycles. The van der Waals surface area contributed by atoms with Crippen LogP contribution >= 0.6 is 0 Å². The maximum absolute atomic E-state index is 12.5. The van der Waals surface area contributed by atoms with Crippen molar-refractivity contribution in [1.29, 1.82) is 0 Å². The molecule has 0 aliphatic carbocycles. The Labute approximate surface area is 110 Å². The predicted molar refractivity (Wildman–Crippen MR) is 72.1 cm³/mol. The Morgan fingerprint density at radius 3 is 2.28 bits per heavy atom. The van der Waals surface area contributed by atoms with E-state index in [1.807, 2.05) is 27.7 Å². The molecule has 2 atom stereocenters. The molecule has 2 amide bonds. The zero-order valence-electron chi connectivity index (χ0n) is 12.4. The number of amides is 2. The third-order valence-corrected chi connectivity index (χ3v) is 3.74. The molecule has 1 fully saturated rings. The molecule has 0 aromatic rings. The van der Waals surface area contributed by atoms with Crippen LogP contribution in [0.15, 0.2) is 0 Å². The van der Waals surface area contributed by atoms with Gasteiger partial charge in [-0.25, -0.2) is 0 Å². The number of rotatable bonds is 4. The Bertz CT molecular complexity index is 337. The zero-order chi connectivity index (χ0) is 14.1. The molecule has 4 nitrogen and oxygen atoms in total. The lowest BCUT2D eigenvalue weighted by atomic mass is 9.90. The number of nitrogens with zero attached hydrogens (tertiary/aromatic N) is 1. The second-order valence-electron chi connectivity index (χ2n) is 6.18. The number of piperazine rings is 1. The molecule has 4 heteroatoms. The Balaban J connectivity index is 3.02. The van der Waals surface area contributed by atoms with Gasteiger partial charge in [0.1, 0.15) is 11.6 Å². The summed E-state index contributed by atoms with van der Waals surface area (Å²) in [5, 5.41) is 2.87. The van der Waals surface area contributed by atoms with Crippen molar-refractivity contribution in [3.63, 3.8) is 0 Å². The van der Waals surface area contributed by atoms with Crippen molar-refractivity contribution >= 4 is 11.8 Å². The van der Waals surface area contributed by atoms with E-state index in [1.165, 1.54) is 0 Å². The number of hydrogen-bond donors (Lipinski definition) is 1. The Kier molecular flexibility index (Phi) is 4.41. The molecule has 2 unspecified atom stereocenters. The number of carbonyl (C=O) groups excluding carboxylic acids is 2. The topological polar surface area (TPSA) is 49.4 Å². The van der Waals surface area contributed by atoms with Gasteiger partial charge in [0.05, 0.1) is 0 Å². The molecule has 104 valence electrons. The van der Waals surface area contributed by atoms with Crippen LogP contribution in [0.2, 0.25) is 0 Å². The van der Waals surface area contributed by atoms with Crippen LogP contribution in [0.5, 0.6) is 0 Å². The lowest BCUT2D eigenvalue weighted by Crippen LogP contribution is -2.70. The van der Waals surface area contributed by atoms with Crippen LogP contribution in [-0.2, 0) is 9.59 Å². The molecule has 0 radical (unpaired) electrons. The molecule has 1 aliphatic rings. The predicted octanol–water partition coefficient (Wildman–Crippen LogP) is 1.94. The first-order valence-corrected chi connectivity index (χ1v) is 6.85. The molecule has 1 aliphatic heterocycles. The van der Waals surface area contributed by atoms with Crippen LogP contribution in [0, 0.1) is 5.92 Å². The Morgan fingerprint density at radius 2 is 1.83 bits per heavy atom. The van der Waals surface area contributed by atoms with E-state index in [9.17, 15) is 9.59 Å². The minimum Gasteiger partial charge on any atom is -0.342 e. The monoisotopic (exact) mass is 254 g/mol. The largest absolute Gasteiger partial charge is 0.342 e. The summed E-state index contributed by atoms with van der Waals surface area (Å²) in [7, 11) is 0. The van der Waals surface area contributed by atoms with Crippen molar-refractivity contribution in [3.05, 3.63) is 0 Å². The molecule has 0 aromatic carbocycles. The highest BCUT2D eigenvalue weighted by molar-refractivity contribution is 5.99. The fourth-order valence-corrected chi connectivity index (χ4v) is 2.53. The minimum absolute atomic E-state index is 0.0481. The minimum atomic E-state index is -0.750. The van der Waals surface area contributed by atoms with E-state index in [2.05, 4.69) is 19.2 Å². The molecule has 0 spiro atoms. The van der Waals surface area contributed by atoms with Crippen LogP contribution in [0.3, 0.4) is 0 Å². The van der Waals surface area contributed by atoms with Gasteiger partial charge in [-0.2, -0.15) is 0 Å². The van der Waals surface area contributed by atoms with Gasteiger partial charge in [0.25, 0.3) is 0 Å². The normalized spacial score (nSPS) is 25.3. The summed E-state index contributed by atoms with van der Waals surface area (Å²) < 4.78 is 0. The van der Waals surface area contributed by atoms with Gasteiger partial charge in [0, 0.05) is 6.04 Å². The summed E-state index contributed by atoms with van der Waals surface area (Å²) in [5.74, 6) is 0.398. The second kappa shape index (κ2) is 5.29. The summed E-state index contributed by atoms with van der Waals surface area (Å²) in [4.78, 5) is 26.5. The van der Waals surface area contributed by atoms with Gasteiger partial charge in [-0.05, 0) is 39.5 Å². The first-order chi connectivity index (χ1) is 8.21. The van der Waals surface area contributed by atoms with Gasteiger partial charge in [0.2, 0.25) is 11.8 Å². The van der Waals surface area contributed by atoms with E-state index in [-0.39, 0.29) is 23.9 Å². The smallest absolute Gasteiger partial charge is 0.246 e. The average molecular weight is 254 g/mol.